The summed E-state index contributed by atoms with van der Waals surface area (Å²) in [6.07, 6.45) is 5.81. The lowest BCUT2D eigenvalue weighted by Crippen LogP contribution is -2.44. The summed E-state index contributed by atoms with van der Waals surface area (Å²) in [7, 11) is -4.16. The van der Waals surface area contributed by atoms with Gasteiger partial charge >= 0.3 is 17.6 Å². The normalized spacial score (nSPS) is 16.2. The minimum absolute atomic E-state index is 0.0367. The Kier molecular flexibility index (Phi) is 20.5. The molecular formula is C51H67ClF2N8O14S2. The third kappa shape index (κ3) is 17.0. The summed E-state index contributed by atoms with van der Waals surface area (Å²) in [4.78, 5) is 54.0. The Morgan fingerprint density at radius 2 is 1.00 bits per heavy atom. The number of likely N-dealkylation sites (tertiary alicyclic amines) is 2. The number of nitrogens with zero attached hydrogens (tertiary/aromatic N) is 6. The molecule has 2 aromatic heterocycles. The Morgan fingerprint density at radius 3 is 1.31 bits per heavy atom. The first kappa shape index (κ1) is 60.7. The van der Waals surface area contributed by atoms with Crippen molar-refractivity contribution >= 4 is 71.9 Å². The van der Waals surface area contributed by atoms with Crippen molar-refractivity contribution in [3.8, 4) is 23.3 Å². The molecule has 0 atom stereocenters. The number of aromatic nitrogens is 4. The molecule has 78 heavy (non-hydrogen) atoms. The number of carbonyl (C=O) groups excluding carboxylic acids is 3. The van der Waals surface area contributed by atoms with Gasteiger partial charge in [-0.25, -0.2) is 50.0 Å². The maximum absolute atomic E-state index is 14.8. The van der Waals surface area contributed by atoms with Gasteiger partial charge in [0.05, 0.1) is 58.1 Å². The fraction of sp³-hybridized carbons (Fsp3) is 0.549. The maximum Gasteiger partial charge on any atom is 0.410 e. The molecule has 2 saturated heterocycles. The zero-order chi connectivity index (χ0) is 57.1. The molecule has 2 amide bonds. The molecule has 0 unspecified atom stereocenters. The molecule has 27 heteroatoms. The highest BCUT2D eigenvalue weighted by molar-refractivity contribution is 7.92. The largest absolute Gasteiger partial charge is 0.489 e. The maximum atomic E-state index is 14.8. The van der Waals surface area contributed by atoms with Crippen molar-refractivity contribution in [3.05, 3.63) is 60.7 Å². The number of halogens is 3. The van der Waals surface area contributed by atoms with Crippen LogP contribution in [-0.2, 0) is 33.9 Å². The Balaban J connectivity index is 0.000000225. The highest BCUT2D eigenvalue weighted by Gasteiger charge is 2.39. The first-order chi connectivity index (χ1) is 36.8. The van der Waals surface area contributed by atoms with E-state index in [-0.39, 0.29) is 92.7 Å². The van der Waals surface area contributed by atoms with Crippen molar-refractivity contribution in [1.82, 2.24) is 29.7 Å². The molecule has 22 nitrogen and oxygen atoms in total. The van der Waals surface area contributed by atoms with E-state index < -0.39 is 52.8 Å². The number of hydrogen-bond acceptors (Lipinski definition) is 20. The summed E-state index contributed by atoms with van der Waals surface area (Å²) >= 11 is 4.81. The number of rotatable bonds is 16. The third-order valence-electron chi connectivity index (χ3n) is 11.9. The second kappa shape index (κ2) is 26.4. The fourth-order valence-corrected chi connectivity index (χ4v) is 11.3. The van der Waals surface area contributed by atoms with E-state index in [0.717, 1.165) is 12.1 Å². The minimum Gasteiger partial charge on any atom is -0.489 e. The summed E-state index contributed by atoms with van der Waals surface area (Å²) in [5, 5.41) is 4.83. The highest BCUT2D eigenvalue weighted by atomic mass is 35.5. The smallest absolute Gasteiger partial charge is 0.410 e. The molecule has 4 fully saturated rings. The molecule has 0 bridgehead atoms. The molecule has 2 aromatic carbocycles. The summed E-state index contributed by atoms with van der Waals surface area (Å²) < 4.78 is 117. The van der Waals surface area contributed by atoms with E-state index in [1.165, 1.54) is 51.1 Å². The number of benzene rings is 2. The van der Waals surface area contributed by atoms with E-state index in [0.29, 0.717) is 77.5 Å². The standard InChI is InChI=1S/C24H31FN4O6S.C23H29FN4O6S.C4H7ClO2/c1-24(2,3)35-23(30)29-11-9-15(10-12-29)34-22-20(33-4)21(26-14-27-22)28-19-8-7-17(13-18(19)25)36(31,32)16-5-6-16;1-14(2)33-23(29)28-10-8-15(9-11-28)34-22-20(32-3)21(25-13-26-22)27-19-7-6-17(12-18(19)24)35(30,31)16-4-5-16;1-3(2)7-4(5)6/h7-8,13-16H,5-6,9-12H2,1-4H3,(H,26,27,28);6-7,12-16H,4-5,8-11H2,1-3H3,(H,25,26,27);3H,1-2H3. The lowest BCUT2D eigenvalue weighted by atomic mass is 10.1. The van der Waals surface area contributed by atoms with Gasteiger partial charge in [-0.05, 0) is 111 Å². The van der Waals surface area contributed by atoms with Crippen LogP contribution < -0.4 is 29.6 Å². The van der Waals surface area contributed by atoms with E-state index in [1.807, 2.05) is 20.8 Å². The quantitative estimate of drug-likeness (QED) is 0.0781. The van der Waals surface area contributed by atoms with Crippen LogP contribution in [0.25, 0.3) is 0 Å². The van der Waals surface area contributed by atoms with Crippen LogP contribution in [0.15, 0.2) is 58.8 Å². The van der Waals surface area contributed by atoms with E-state index in [4.69, 9.17) is 40.0 Å². The van der Waals surface area contributed by atoms with Crippen LogP contribution in [0.1, 0.15) is 99.8 Å². The van der Waals surface area contributed by atoms with Gasteiger partial charge in [0.25, 0.3) is 11.8 Å². The predicted molar refractivity (Wildman–Crippen MR) is 283 cm³/mol. The Hall–Kier alpha value is -6.54. The molecular weight excluding hydrogens is 1090 g/mol. The molecule has 2 saturated carbocycles. The fourth-order valence-electron chi connectivity index (χ4n) is 7.79. The van der Waals surface area contributed by atoms with Crippen LogP contribution in [-0.4, -0.2) is 145 Å². The molecule has 2 aliphatic carbocycles. The average Bonchev–Trinajstić information content (AvgIpc) is 4.31. The highest BCUT2D eigenvalue weighted by Crippen LogP contribution is 2.40. The zero-order valence-electron chi connectivity index (χ0n) is 44.9. The van der Waals surface area contributed by atoms with Gasteiger partial charge in [-0.1, -0.05) is 0 Å². The number of sulfone groups is 2. The number of methoxy groups -OCH3 is 2. The number of amides is 2. The predicted octanol–water partition coefficient (Wildman–Crippen LogP) is 9.54. The number of carbonyl (C=O) groups is 3. The Bertz CT molecular complexity index is 2970. The van der Waals surface area contributed by atoms with Gasteiger partial charge in [-0.15, -0.1) is 0 Å². The second-order valence-corrected chi connectivity index (χ2v) is 24.8. The van der Waals surface area contributed by atoms with Crippen molar-refractivity contribution < 1.29 is 73.2 Å². The molecule has 8 rings (SSSR count). The van der Waals surface area contributed by atoms with Crippen LogP contribution in [0.5, 0.6) is 23.3 Å². The van der Waals surface area contributed by atoms with Crippen molar-refractivity contribution in [1.29, 1.82) is 0 Å². The van der Waals surface area contributed by atoms with Crippen LogP contribution >= 0.6 is 11.6 Å². The third-order valence-corrected chi connectivity index (χ3v) is 16.5. The zero-order valence-corrected chi connectivity index (χ0v) is 47.3. The van der Waals surface area contributed by atoms with Crippen LogP contribution in [0.3, 0.4) is 0 Å². The average molecular weight is 1150 g/mol. The topological polar surface area (TPSA) is 266 Å². The van der Waals surface area contributed by atoms with E-state index in [2.05, 4.69) is 35.3 Å². The lowest BCUT2D eigenvalue weighted by molar-refractivity contribution is 0.0120. The monoisotopic (exact) mass is 1150 g/mol. The molecule has 2 N–H and O–H groups in total. The molecule has 0 spiro atoms. The second-order valence-electron chi connectivity index (χ2n) is 20.1. The minimum atomic E-state index is -3.50. The number of hydrogen-bond donors (Lipinski definition) is 2. The number of nitrogens with one attached hydrogen (secondary N) is 2. The molecule has 4 heterocycles. The van der Waals surface area contributed by atoms with Crippen LogP contribution in [0, 0.1) is 11.6 Å². The first-order valence-electron chi connectivity index (χ1n) is 25.3. The van der Waals surface area contributed by atoms with Gasteiger partial charge in [0, 0.05) is 63.5 Å². The summed E-state index contributed by atoms with van der Waals surface area (Å²) in [5.41, 5.74) is -1.22. The Morgan fingerprint density at radius 1 is 0.615 bits per heavy atom. The molecule has 4 aliphatic rings. The number of anilines is 4. The molecule has 428 valence electrons. The molecule has 0 radical (unpaired) electrons. The van der Waals surface area contributed by atoms with Crippen molar-refractivity contribution in [2.45, 2.75) is 150 Å². The first-order valence-corrected chi connectivity index (χ1v) is 28.8. The van der Waals surface area contributed by atoms with E-state index in [9.17, 15) is 40.0 Å². The van der Waals surface area contributed by atoms with Gasteiger partial charge in [0.2, 0.25) is 11.5 Å². The molecule has 2 aliphatic heterocycles. The van der Waals surface area contributed by atoms with Gasteiger partial charge in [0.15, 0.2) is 31.3 Å². The SMILES string of the molecule is CC(C)OC(=O)Cl.COc1c(Nc2ccc(S(=O)(=O)C3CC3)cc2F)ncnc1OC1CCN(C(=O)OC(C)(C)C)CC1.COc1c(Nc2ccc(S(=O)(=O)C3CC3)cc2F)ncnc1OC1CCN(C(=O)OC(C)C)CC1. The van der Waals surface area contributed by atoms with Gasteiger partial charge < -0.3 is 53.6 Å². The lowest BCUT2D eigenvalue weighted by Gasteiger charge is -2.33. The van der Waals surface area contributed by atoms with Gasteiger partial charge in [-0.2, -0.15) is 9.97 Å². The summed E-state index contributed by atoms with van der Waals surface area (Å²) in [5.74, 6) is -0.382. The Labute approximate surface area is 458 Å². The number of ether oxygens (including phenoxy) is 7. The van der Waals surface area contributed by atoms with Gasteiger partial charge in [0.1, 0.15) is 42.1 Å². The van der Waals surface area contributed by atoms with Crippen LogP contribution in [0.4, 0.5) is 46.2 Å². The van der Waals surface area contributed by atoms with E-state index in [1.54, 1.807) is 37.5 Å². The van der Waals surface area contributed by atoms with Crippen molar-refractivity contribution in [2.24, 2.45) is 0 Å². The van der Waals surface area contributed by atoms with Crippen molar-refractivity contribution in [3.63, 3.8) is 0 Å². The number of piperidine rings is 2. The van der Waals surface area contributed by atoms with Gasteiger partial charge in [-0.3, -0.25) is 0 Å². The molecule has 4 aromatic rings. The summed E-state index contributed by atoms with van der Waals surface area (Å²) in [6.45, 7) is 14.5. The van der Waals surface area contributed by atoms with Crippen LogP contribution in [0.2, 0.25) is 0 Å². The van der Waals surface area contributed by atoms with E-state index >= 15 is 0 Å². The summed E-state index contributed by atoms with van der Waals surface area (Å²) in [6, 6.07) is 7.50. The van der Waals surface area contributed by atoms with Crippen molar-refractivity contribution in [2.75, 3.05) is 51.0 Å².